The zero-order valence-electron chi connectivity index (χ0n) is 16.6. The molecule has 1 unspecified atom stereocenters. The van der Waals surface area contributed by atoms with Gasteiger partial charge in [-0.15, -0.1) is 0 Å². The van der Waals surface area contributed by atoms with Crippen LogP contribution in [0.1, 0.15) is 39.0 Å². The van der Waals surface area contributed by atoms with Crippen molar-refractivity contribution in [1.82, 2.24) is 9.62 Å². The normalized spacial score (nSPS) is 17.7. The Balaban J connectivity index is 2.51. The predicted molar refractivity (Wildman–Crippen MR) is 104 cm³/mol. The van der Waals surface area contributed by atoms with Gasteiger partial charge >= 0.3 is 0 Å². The molecule has 1 aromatic rings. The molecule has 0 saturated carbocycles. The monoisotopic (exact) mass is 412 g/mol. The molecule has 9 heteroatoms. The van der Waals surface area contributed by atoms with Gasteiger partial charge < -0.3 is 14.8 Å². The summed E-state index contributed by atoms with van der Waals surface area (Å²) in [5, 5.41) is 2.97. The second-order valence-corrected chi connectivity index (χ2v) is 8.43. The molecule has 1 aliphatic rings. The van der Waals surface area contributed by atoms with Crippen molar-refractivity contribution in [2.24, 2.45) is 0 Å². The maximum Gasteiger partial charge on any atom is 0.267 e. The Hall–Kier alpha value is -2.13. The first-order chi connectivity index (χ1) is 13.4. The Morgan fingerprint density at radius 3 is 2.61 bits per heavy atom. The first-order valence-corrected chi connectivity index (χ1v) is 10.8. The number of ketones is 1. The zero-order chi connectivity index (χ0) is 20.7. The Morgan fingerprint density at radius 1 is 1.25 bits per heavy atom. The molecule has 1 amide bonds. The van der Waals surface area contributed by atoms with E-state index in [4.69, 9.17) is 9.47 Å². The van der Waals surface area contributed by atoms with Crippen molar-refractivity contribution in [1.29, 1.82) is 0 Å². The highest BCUT2D eigenvalue weighted by Gasteiger charge is 2.39. The van der Waals surface area contributed by atoms with E-state index in [1.807, 2.05) is 6.92 Å². The third kappa shape index (κ3) is 4.82. The number of ether oxygens (including phenoxy) is 2. The molecule has 0 spiro atoms. The zero-order valence-corrected chi connectivity index (χ0v) is 17.4. The number of amides is 1. The molecule has 0 bridgehead atoms. The number of nitrogens with one attached hydrogen (secondary N) is 1. The maximum absolute atomic E-state index is 13.4. The van der Waals surface area contributed by atoms with Gasteiger partial charge in [0, 0.05) is 12.5 Å². The average Bonchev–Trinajstić information content (AvgIpc) is 2.90. The molecule has 156 valence electrons. The quantitative estimate of drug-likeness (QED) is 0.694. The summed E-state index contributed by atoms with van der Waals surface area (Å²) in [4.78, 5) is 25.3. The lowest BCUT2D eigenvalue weighted by Gasteiger charge is -2.29. The summed E-state index contributed by atoms with van der Waals surface area (Å²) in [6, 6.07) is 3.14. The van der Waals surface area contributed by atoms with Crippen LogP contribution in [0.15, 0.2) is 23.1 Å². The fraction of sp³-hybridized carbons (Fsp3) is 0.579. The molecule has 1 aliphatic heterocycles. The van der Waals surface area contributed by atoms with E-state index in [2.05, 4.69) is 5.32 Å². The Bertz CT molecular complexity index is 809. The molecule has 8 nitrogen and oxygen atoms in total. The smallest absolute Gasteiger partial charge is 0.267 e. The summed E-state index contributed by atoms with van der Waals surface area (Å²) in [7, 11) is -1.39. The van der Waals surface area contributed by atoms with Crippen LogP contribution < -0.4 is 14.8 Å². The van der Waals surface area contributed by atoms with E-state index in [0.29, 0.717) is 31.6 Å². The van der Waals surface area contributed by atoms with E-state index in [9.17, 15) is 18.0 Å². The average molecular weight is 413 g/mol. The van der Waals surface area contributed by atoms with Gasteiger partial charge in [-0.1, -0.05) is 13.3 Å². The number of carbonyl (C=O) groups is 2. The third-order valence-corrected chi connectivity index (χ3v) is 6.51. The second-order valence-electron chi connectivity index (χ2n) is 6.62. The van der Waals surface area contributed by atoms with E-state index >= 15 is 0 Å². The largest absolute Gasteiger partial charge is 0.493 e. The predicted octanol–water partition coefficient (Wildman–Crippen LogP) is 1.73. The topological polar surface area (TPSA) is 102 Å². The van der Waals surface area contributed by atoms with Crippen LogP contribution in [0.3, 0.4) is 0 Å². The standard InChI is InChI=1S/C19H28N2O6S/c1-4-5-8-19(23)21(15-7-6-11-20-13-16(15)22)28(24,25)14-9-10-17(26-2)18(12-14)27-3/h9-10,12,15,20H,4-8,11,13H2,1-3H3. The van der Waals surface area contributed by atoms with Crippen LogP contribution in [0.5, 0.6) is 11.5 Å². The lowest BCUT2D eigenvalue weighted by Crippen LogP contribution is -2.49. The van der Waals surface area contributed by atoms with E-state index in [1.165, 1.54) is 32.4 Å². The highest BCUT2D eigenvalue weighted by Crippen LogP contribution is 2.32. The molecule has 0 aliphatic carbocycles. The van der Waals surface area contributed by atoms with Crippen LogP contribution in [0, 0.1) is 0 Å². The summed E-state index contributed by atoms with van der Waals surface area (Å²) in [5.41, 5.74) is 0. The van der Waals surface area contributed by atoms with Crippen molar-refractivity contribution >= 4 is 21.7 Å². The summed E-state index contributed by atoms with van der Waals surface area (Å²) >= 11 is 0. The van der Waals surface area contributed by atoms with Gasteiger partial charge in [0.2, 0.25) is 5.91 Å². The van der Waals surface area contributed by atoms with Gasteiger partial charge in [-0.25, -0.2) is 12.7 Å². The van der Waals surface area contributed by atoms with Crippen molar-refractivity contribution in [3.05, 3.63) is 18.2 Å². The SMILES string of the molecule is CCCCC(=O)N(C1CCCNCC1=O)S(=O)(=O)c1ccc(OC)c(OC)c1. The molecule has 1 fully saturated rings. The number of Topliss-reactive ketones (excluding diaryl/α,β-unsaturated/α-hetero) is 1. The fourth-order valence-electron chi connectivity index (χ4n) is 3.16. The fourth-order valence-corrected chi connectivity index (χ4v) is 4.80. The first-order valence-electron chi connectivity index (χ1n) is 9.39. The molecular weight excluding hydrogens is 384 g/mol. The lowest BCUT2D eigenvalue weighted by molar-refractivity contribution is -0.133. The summed E-state index contributed by atoms with van der Waals surface area (Å²) < 4.78 is 37.9. The molecule has 0 aromatic heterocycles. The van der Waals surface area contributed by atoms with Gasteiger partial charge in [0.1, 0.15) is 6.04 Å². The molecular formula is C19H28N2O6S. The van der Waals surface area contributed by atoms with E-state index < -0.39 is 22.0 Å². The molecule has 1 saturated heterocycles. The molecule has 1 heterocycles. The van der Waals surface area contributed by atoms with E-state index in [1.54, 1.807) is 0 Å². The van der Waals surface area contributed by atoms with Crippen molar-refractivity contribution in [3.8, 4) is 11.5 Å². The van der Waals surface area contributed by atoms with Crippen molar-refractivity contribution in [3.63, 3.8) is 0 Å². The molecule has 0 radical (unpaired) electrons. The van der Waals surface area contributed by atoms with Gasteiger partial charge in [0.05, 0.1) is 25.7 Å². The maximum atomic E-state index is 13.4. The van der Waals surface area contributed by atoms with E-state index in [0.717, 1.165) is 10.7 Å². The molecule has 2 rings (SSSR count). The Labute approximate surface area is 166 Å². The van der Waals surface area contributed by atoms with E-state index in [-0.39, 0.29) is 29.4 Å². The van der Waals surface area contributed by atoms with Crippen LogP contribution in [0.4, 0.5) is 0 Å². The van der Waals surface area contributed by atoms with Gasteiger partial charge in [0.15, 0.2) is 17.3 Å². The summed E-state index contributed by atoms with van der Waals surface area (Å²) in [6.45, 7) is 2.57. The molecule has 1 N–H and O–H groups in total. The van der Waals surface area contributed by atoms with Gasteiger partial charge in [-0.2, -0.15) is 0 Å². The minimum atomic E-state index is -4.24. The highest BCUT2D eigenvalue weighted by molar-refractivity contribution is 7.89. The molecule has 28 heavy (non-hydrogen) atoms. The van der Waals surface area contributed by atoms with Crippen LogP contribution in [-0.2, 0) is 19.6 Å². The highest BCUT2D eigenvalue weighted by atomic mass is 32.2. The lowest BCUT2D eigenvalue weighted by atomic mass is 10.1. The van der Waals surface area contributed by atoms with Crippen LogP contribution >= 0.6 is 0 Å². The number of rotatable bonds is 8. The number of hydrogen-bond acceptors (Lipinski definition) is 7. The number of sulfonamides is 1. The van der Waals surface area contributed by atoms with Crippen molar-refractivity contribution in [2.75, 3.05) is 27.3 Å². The number of carbonyl (C=O) groups excluding carboxylic acids is 2. The minimum absolute atomic E-state index is 0.0453. The van der Waals surface area contributed by atoms with Gasteiger partial charge in [-0.05, 0) is 37.9 Å². The number of nitrogens with zero attached hydrogens (tertiary/aromatic N) is 1. The van der Waals surface area contributed by atoms with Crippen molar-refractivity contribution < 1.29 is 27.5 Å². The van der Waals surface area contributed by atoms with Gasteiger partial charge in [-0.3, -0.25) is 9.59 Å². The summed E-state index contributed by atoms with van der Waals surface area (Å²) in [6.07, 6.45) is 2.28. The number of hydrogen-bond donors (Lipinski definition) is 1. The summed E-state index contributed by atoms with van der Waals surface area (Å²) in [5.74, 6) is -0.248. The van der Waals surface area contributed by atoms with Gasteiger partial charge in [0.25, 0.3) is 10.0 Å². The third-order valence-electron chi connectivity index (χ3n) is 4.69. The van der Waals surface area contributed by atoms with Crippen LogP contribution in [0.2, 0.25) is 0 Å². The van der Waals surface area contributed by atoms with Crippen LogP contribution in [0.25, 0.3) is 0 Å². The molecule has 1 atom stereocenters. The van der Waals surface area contributed by atoms with Crippen LogP contribution in [-0.4, -0.2) is 57.8 Å². The second kappa shape index (κ2) is 9.88. The first kappa shape index (κ1) is 22.2. The minimum Gasteiger partial charge on any atom is -0.493 e. The number of benzene rings is 1. The number of methoxy groups -OCH3 is 2. The van der Waals surface area contributed by atoms with Crippen molar-refractivity contribution in [2.45, 2.75) is 50.0 Å². The number of unbranched alkanes of at least 4 members (excludes halogenated alkanes) is 1. The molecule has 1 aromatic carbocycles. The Kier molecular flexibility index (Phi) is 7.82. The Morgan fingerprint density at radius 2 is 1.96 bits per heavy atom.